The van der Waals surface area contributed by atoms with E-state index in [1.54, 1.807) is 0 Å². The van der Waals surface area contributed by atoms with E-state index >= 15 is 4.39 Å². The number of ether oxygens (including phenoxy) is 4. The molecule has 0 aromatic heterocycles. The van der Waals surface area contributed by atoms with Crippen molar-refractivity contribution in [3.8, 4) is 0 Å². The van der Waals surface area contributed by atoms with Crippen molar-refractivity contribution in [2.45, 2.75) is 107 Å². The predicted molar refractivity (Wildman–Crippen MR) is 140 cm³/mol. The summed E-state index contributed by atoms with van der Waals surface area (Å²) < 4.78 is 40.6. The van der Waals surface area contributed by atoms with Crippen molar-refractivity contribution in [2.24, 2.45) is 17.3 Å². The Bertz CT molecular complexity index is 637. The van der Waals surface area contributed by atoms with Gasteiger partial charge in [0.1, 0.15) is 12.3 Å². The number of alkyl halides is 1. The van der Waals surface area contributed by atoms with Crippen molar-refractivity contribution in [2.75, 3.05) is 31.3 Å². The average Bonchev–Trinajstić information content (AvgIpc) is 3.57. The minimum absolute atomic E-state index is 0.107. The zero-order valence-corrected chi connectivity index (χ0v) is 23.0. The van der Waals surface area contributed by atoms with Gasteiger partial charge in [0.25, 0.3) is 0 Å². The van der Waals surface area contributed by atoms with E-state index in [-0.39, 0.29) is 11.7 Å². The van der Waals surface area contributed by atoms with E-state index in [2.05, 4.69) is 50.4 Å². The SMILES string of the molecule is CC(C)(C)CCC(F)C(/C=C/C1CCC2(OCCO2)C1CCC1SCCS1)OC1CCCCO1. The highest BCUT2D eigenvalue weighted by atomic mass is 32.2. The summed E-state index contributed by atoms with van der Waals surface area (Å²) in [5, 5.41) is 0. The largest absolute Gasteiger partial charge is 0.353 e. The molecule has 4 fully saturated rings. The molecule has 7 heteroatoms. The normalized spacial score (nSPS) is 32.2. The van der Waals surface area contributed by atoms with Crippen molar-refractivity contribution in [3.05, 3.63) is 12.2 Å². The molecule has 0 aromatic carbocycles. The van der Waals surface area contributed by atoms with E-state index in [1.807, 2.05) is 6.08 Å². The zero-order valence-electron chi connectivity index (χ0n) is 21.3. The monoisotopic (exact) mass is 516 g/mol. The highest BCUT2D eigenvalue weighted by Gasteiger charge is 2.51. The van der Waals surface area contributed by atoms with Crippen LogP contribution in [0.4, 0.5) is 4.39 Å². The minimum atomic E-state index is -1.03. The molecule has 3 heterocycles. The van der Waals surface area contributed by atoms with E-state index in [4.69, 9.17) is 18.9 Å². The van der Waals surface area contributed by atoms with Crippen molar-refractivity contribution in [1.29, 1.82) is 0 Å². The van der Waals surface area contributed by atoms with Gasteiger partial charge < -0.3 is 18.9 Å². The minimum Gasteiger partial charge on any atom is -0.353 e. The van der Waals surface area contributed by atoms with E-state index < -0.39 is 18.1 Å². The highest BCUT2D eigenvalue weighted by Crippen LogP contribution is 2.50. The lowest BCUT2D eigenvalue weighted by Gasteiger charge is -2.32. The molecule has 4 aliphatic rings. The molecule has 0 bridgehead atoms. The maximum atomic E-state index is 15.5. The molecule has 0 amide bonds. The summed E-state index contributed by atoms with van der Waals surface area (Å²) in [6.07, 6.45) is 10.9. The molecule has 1 aliphatic carbocycles. The second kappa shape index (κ2) is 12.6. The first-order valence-electron chi connectivity index (χ1n) is 13.5. The molecular weight excluding hydrogens is 471 g/mol. The van der Waals surface area contributed by atoms with Gasteiger partial charge in [0.15, 0.2) is 12.1 Å². The van der Waals surface area contributed by atoms with Crippen LogP contribution in [-0.4, -0.2) is 60.3 Å². The number of allylic oxidation sites excluding steroid dienone is 1. The maximum absolute atomic E-state index is 15.5. The van der Waals surface area contributed by atoms with Gasteiger partial charge in [-0.3, -0.25) is 0 Å². The quantitative estimate of drug-likeness (QED) is 0.292. The Hall–Kier alpha value is 0.210. The van der Waals surface area contributed by atoms with Crippen LogP contribution in [0.5, 0.6) is 0 Å². The fourth-order valence-electron chi connectivity index (χ4n) is 5.70. The van der Waals surface area contributed by atoms with Gasteiger partial charge in [-0.2, -0.15) is 0 Å². The lowest BCUT2D eigenvalue weighted by molar-refractivity contribution is -0.190. The summed E-state index contributed by atoms with van der Waals surface area (Å²) in [6.45, 7) is 8.58. The molecule has 4 rings (SSSR count). The second-order valence-corrected chi connectivity index (χ2v) is 14.4. The molecule has 0 aromatic rings. The van der Waals surface area contributed by atoms with Crippen LogP contribution in [0.2, 0.25) is 0 Å². The van der Waals surface area contributed by atoms with Gasteiger partial charge in [-0.25, -0.2) is 4.39 Å². The molecule has 4 nitrogen and oxygen atoms in total. The summed E-state index contributed by atoms with van der Waals surface area (Å²) in [5.41, 5.74) is 0.107. The Morgan fingerprint density at radius 3 is 2.50 bits per heavy atom. The fourth-order valence-corrected chi connectivity index (χ4v) is 8.56. The van der Waals surface area contributed by atoms with Gasteiger partial charge in [-0.05, 0) is 62.7 Å². The van der Waals surface area contributed by atoms with E-state index in [0.29, 0.717) is 42.7 Å². The second-order valence-electron chi connectivity index (χ2n) is 11.5. The van der Waals surface area contributed by atoms with Gasteiger partial charge in [-0.1, -0.05) is 32.9 Å². The first kappa shape index (κ1) is 27.3. The number of hydrogen-bond donors (Lipinski definition) is 0. The van der Waals surface area contributed by atoms with Crippen LogP contribution in [-0.2, 0) is 18.9 Å². The number of halogens is 1. The van der Waals surface area contributed by atoms with Gasteiger partial charge in [0.05, 0.1) is 17.8 Å². The lowest BCUT2D eigenvalue weighted by Crippen LogP contribution is -2.37. The van der Waals surface area contributed by atoms with Crippen molar-refractivity contribution in [3.63, 3.8) is 0 Å². The Kier molecular flexibility index (Phi) is 10.1. The number of thioether (sulfide) groups is 2. The summed E-state index contributed by atoms with van der Waals surface area (Å²) in [4.78, 5) is 0. The van der Waals surface area contributed by atoms with Crippen LogP contribution >= 0.6 is 23.5 Å². The molecule has 3 saturated heterocycles. The van der Waals surface area contributed by atoms with Crippen molar-refractivity contribution < 1.29 is 23.3 Å². The Balaban J connectivity index is 1.43. The van der Waals surface area contributed by atoms with Gasteiger partial charge in [0, 0.05) is 30.5 Å². The van der Waals surface area contributed by atoms with Crippen molar-refractivity contribution >= 4 is 23.5 Å². The zero-order chi connectivity index (χ0) is 24.0. The Morgan fingerprint density at radius 2 is 1.82 bits per heavy atom. The van der Waals surface area contributed by atoms with Crippen LogP contribution in [0.3, 0.4) is 0 Å². The van der Waals surface area contributed by atoms with Gasteiger partial charge in [-0.15, -0.1) is 23.5 Å². The molecule has 5 atom stereocenters. The smallest absolute Gasteiger partial charge is 0.171 e. The Labute approximate surface area is 214 Å². The third-order valence-corrected chi connectivity index (χ3v) is 10.8. The van der Waals surface area contributed by atoms with Crippen LogP contribution in [0.25, 0.3) is 0 Å². The summed E-state index contributed by atoms with van der Waals surface area (Å²) in [5.74, 6) is 2.74. The van der Waals surface area contributed by atoms with Crippen LogP contribution in [0, 0.1) is 17.3 Å². The van der Waals surface area contributed by atoms with E-state index in [0.717, 1.165) is 44.9 Å². The van der Waals surface area contributed by atoms with Gasteiger partial charge in [0.2, 0.25) is 0 Å². The average molecular weight is 517 g/mol. The first-order chi connectivity index (χ1) is 16.3. The molecule has 5 unspecified atom stereocenters. The third-order valence-electron chi connectivity index (χ3n) is 7.61. The molecule has 0 N–H and O–H groups in total. The maximum Gasteiger partial charge on any atom is 0.171 e. The van der Waals surface area contributed by atoms with Crippen LogP contribution < -0.4 is 0 Å². The van der Waals surface area contributed by atoms with Gasteiger partial charge >= 0.3 is 0 Å². The molecule has 34 heavy (non-hydrogen) atoms. The predicted octanol–water partition coefficient (Wildman–Crippen LogP) is 6.97. The van der Waals surface area contributed by atoms with Crippen molar-refractivity contribution in [1.82, 2.24) is 0 Å². The fraction of sp³-hybridized carbons (Fsp3) is 0.926. The molecule has 3 aliphatic heterocycles. The Morgan fingerprint density at radius 1 is 1.06 bits per heavy atom. The summed E-state index contributed by atoms with van der Waals surface area (Å²) in [6, 6.07) is 0. The van der Waals surface area contributed by atoms with E-state index in [1.165, 1.54) is 17.9 Å². The lowest BCUT2D eigenvalue weighted by atomic mass is 9.87. The summed E-state index contributed by atoms with van der Waals surface area (Å²) in [7, 11) is 0. The number of hydrogen-bond acceptors (Lipinski definition) is 6. The van der Waals surface area contributed by atoms with Crippen LogP contribution in [0.1, 0.15) is 78.6 Å². The first-order valence-corrected chi connectivity index (χ1v) is 15.5. The number of rotatable bonds is 10. The molecular formula is C27H45FO4S2. The third kappa shape index (κ3) is 7.61. The topological polar surface area (TPSA) is 36.9 Å². The molecule has 1 saturated carbocycles. The highest BCUT2D eigenvalue weighted by molar-refractivity contribution is 8.20. The molecule has 196 valence electrons. The molecule has 0 radical (unpaired) electrons. The van der Waals surface area contributed by atoms with E-state index in [9.17, 15) is 0 Å². The standard InChI is InChI=1S/C27H45FO4S2/c1-26(2,3)13-12-22(28)23(32-24-6-4-5-15-29-24)9-7-20-11-14-27(30-16-17-31-27)21(20)8-10-25-33-18-19-34-25/h7,9,20-25H,4-6,8,10-19H2,1-3H3/b9-7+. The summed E-state index contributed by atoms with van der Waals surface area (Å²) >= 11 is 4.17. The molecule has 1 spiro atoms. The van der Waals surface area contributed by atoms with Crippen LogP contribution in [0.15, 0.2) is 12.2 Å².